The summed E-state index contributed by atoms with van der Waals surface area (Å²) in [6.45, 7) is 1.28. The Balaban J connectivity index is 1.55. The topological polar surface area (TPSA) is 64.9 Å². The quantitative estimate of drug-likeness (QED) is 0.577. The minimum Gasteiger partial charge on any atom is -0.332 e. The molecule has 7 nitrogen and oxygen atoms in total. The van der Waals surface area contributed by atoms with E-state index in [9.17, 15) is 4.79 Å². The summed E-state index contributed by atoms with van der Waals surface area (Å²) in [5.74, 6) is 0.954. The predicted molar refractivity (Wildman–Crippen MR) is 96.7 cm³/mol. The van der Waals surface area contributed by atoms with E-state index < -0.39 is 0 Å². The van der Waals surface area contributed by atoms with E-state index in [0.29, 0.717) is 17.2 Å². The van der Waals surface area contributed by atoms with Gasteiger partial charge in [0, 0.05) is 25.8 Å². The summed E-state index contributed by atoms with van der Waals surface area (Å²) in [6.07, 6.45) is 6.85. The lowest BCUT2D eigenvalue weighted by Crippen LogP contribution is -2.35. The highest BCUT2D eigenvalue weighted by atomic mass is 79.9. The third-order valence-corrected chi connectivity index (χ3v) is 4.83. The van der Waals surface area contributed by atoms with Gasteiger partial charge in [0.1, 0.15) is 4.60 Å². The van der Waals surface area contributed by atoms with E-state index in [4.69, 9.17) is 0 Å². The van der Waals surface area contributed by atoms with Crippen molar-refractivity contribution in [3.05, 3.63) is 28.5 Å². The minimum absolute atomic E-state index is 0.208. The van der Waals surface area contributed by atoms with Gasteiger partial charge in [-0.3, -0.25) is 9.69 Å². The molecule has 0 aromatic carbocycles. The van der Waals surface area contributed by atoms with E-state index in [1.165, 1.54) is 0 Å². The number of carbonyl (C=O) groups excluding carboxylic acids is 1. The molecule has 0 saturated carbocycles. The number of aliphatic imine (C=N–C) groups is 1. The summed E-state index contributed by atoms with van der Waals surface area (Å²) >= 11 is 3.27. The van der Waals surface area contributed by atoms with Crippen molar-refractivity contribution < 1.29 is 4.79 Å². The highest BCUT2D eigenvalue weighted by molar-refractivity contribution is 9.10. The van der Waals surface area contributed by atoms with E-state index in [-0.39, 0.29) is 5.91 Å². The smallest absolute Gasteiger partial charge is 0.237 e. The molecule has 1 amide bonds. The number of likely N-dealkylation sites (N-methyl/N-ethyl adjacent to an activating group) is 1. The zero-order chi connectivity index (χ0) is 17.1. The maximum atomic E-state index is 11.7. The number of rotatable bonds is 4. The van der Waals surface area contributed by atoms with Gasteiger partial charge in [-0.15, -0.1) is 10.2 Å². The zero-order valence-electron chi connectivity index (χ0n) is 13.9. The van der Waals surface area contributed by atoms with E-state index >= 15 is 0 Å². The molecular weight excluding hydrogens is 372 g/mol. The average Bonchev–Trinajstić information content (AvgIpc) is 2.93. The van der Waals surface area contributed by atoms with Gasteiger partial charge in [-0.2, -0.15) is 0 Å². The number of carbonyl (C=O) groups is 1. The van der Waals surface area contributed by atoms with Gasteiger partial charge in [0.2, 0.25) is 5.91 Å². The monoisotopic (exact) mass is 392 g/mol. The van der Waals surface area contributed by atoms with Gasteiger partial charge < -0.3 is 9.80 Å². The van der Waals surface area contributed by atoms with Gasteiger partial charge in [0.15, 0.2) is 5.82 Å². The van der Waals surface area contributed by atoms with Crippen LogP contribution in [0.15, 0.2) is 33.5 Å². The molecule has 0 unspecified atom stereocenters. The number of halogens is 1. The summed E-state index contributed by atoms with van der Waals surface area (Å²) in [7, 11) is 3.76. The van der Waals surface area contributed by atoms with Crippen molar-refractivity contribution in [3.8, 4) is 0 Å². The van der Waals surface area contributed by atoms with E-state index in [0.717, 1.165) is 37.4 Å². The molecule has 1 fully saturated rings. The summed E-state index contributed by atoms with van der Waals surface area (Å²) in [5.41, 5.74) is 1.09. The van der Waals surface area contributed by atoms with Crippen LogP contribution in [-0.2, 0) is 4.79 Å². The Morgan fingerprint density at radius 1 is 1.42 bits per heavy atom. The maximum Gasteiger partial charge on any atom is 0.237 e. The van der Waals surface area contributed by atoms with Crippen LogP contribution in [0.25, 0.3) is 0 Å². The van der Waals surface area contributed by atoms with E-state index in [1.807, 2.05) is 31.1 Å². The number of aromatic nitrogens is 2. The molecule has 2 heterocycles. The molecule has 0 radical (unpaired) electrons. The number of amides is 1. The van der Waals surface area contributed by atoms with E-state index in [1.54, 1.807) is 11.2 Å². The first kappa shape index (κ1) is 17.0. The van der Waals surface area contributed by atoms with Crippen molar-refractivity contribution in [2.24, 2.45) is 4.99 Å². The molecule has 1 aliphatic carbocycles. The number of allylic oxidation sites excluding steroid dienone is 1. The van der Waals surface area contributed by atoms with Gasteiger partial charge in [-0.05, 0) is 47.3 Å². The largest absolute Gasteiger partial charge is 0.332 e. The molecule has 1 saturated heterocycles. The lowest BCUT2D eigenvalue weighted by Gasteiger charge is -2.28. The Labute approximate surface area is 150 Å². The average molecular weight is 393 g/mol. The molecule has 2 aliphatic rings. The van der Waals surface area contributed by atoms with Crippen molar-refractivity contribution in [1.29, 1.82) is 0 Å². The summed E-state index contributed by atoms with van der Waals surface area (Å²) < 4.78 is 0.712. The van der Waals surface area contributed by atoms with Crippen LogP contribution >= 0.6 is 15.9 Å². The lowest BCUT2D eigenvalue weighted by molar-refractivity contribution is -0.125. The van der Waals surface area contributed by atoms with Crippen molar-refractivity contribution in [2.45, 2.75) is 25.3 Å². The van der Waals surface area contributed by atoms with Crippen molar-refractivity contribution in [1.82, 2.24) is 20.0 Å². The molecule has 1 atom stereocenters. The number of anilines is 1. The van der Waals surface area contributed by atoms with Crippen molar-refractivity contribution >= 4 is 34.0 Å². The molecule has 3 rings (SSSR count). The summed E-state index contributed by atoms with van der Waals surface area (Å²) in [5, 5.41) is 8.07. The Morgan fingerprint density at radius 3 is 2.83 bits per heavy atom. The van der Waals surface area contributed by atoms with Gasteiger partial charge in [-0.1, -0.05) is 6.08 Å². The van der Waals surface area contributed by atoms with Crippen LogP contribution in [0.1, 0.15) is 19.3 Å². The van der Waals surface area contributed by atoms with Crippen LogP contribution in [0, 0.1) is 0 Å². The van der Waals surface area contributed by atoms with Gasteiger partial charge in [-0.25, -0.2) is 4.99 Å². The number of nitrogens with zero attached hydrogens (tertiary/aromatic N) is 6. The number of hydrogen-bond donors (Lipinski definition) is 0. The molecule has 24 heavy (non-hydrogen) atoms. The van der Waals surface area contributed by atoms with Gasteiger partial charge in [0.05, 0.1) is 19.6 Å². The minimum atomic E-state index is 0.208. The molecule has 8 heteroatoms. The maximum absolute atomic E-state index is 11.7. The Kier molecular flexibility index (Phi) is 5.25. The molecule has 128 valence electrons. The second kappa shape index (κ2) is 7.40. The highest BCUT2D eigenvalue weighted by Gasteiger charge is 2.30. The zero-order valence-corrected chi connectivity index (χ0v) is 15.5. The SMILES string of the molecule is CN1CN([C@H]2CC=C(N=CN(C)c3ccc(Br)nn3)CC2)CC1=O. The van der Waals surface area contributed by atoms with Crippen LogP contribution in [0.5, 0.6) is 0 Å². The normalized spacial score (nSPS) is 22.3. The highest BCUT2D eigenvalue weighted by Crippen LogP contribution is 2.25. The fourth-order valence-electron chi connectivity index (χ4n) is 2.91. The molecule has 1 aromatic rings. The van der Waals surface area contributed by atoms with Crippen molar-refractivity contribution in [2.75, 3.05) is 32.2 Å². The first-order valence-corrected chi connectivity index (χ1v) is 8.75. The molecule has 0 N–H and O–H groups in total. The van der Waals surface area contributed by atoms with Crippen LogP contribution in [0.3, 0.4) is 0 Å². The Morgan fingerprint density at radius 2 is 2.25 bits per heavy atom. The first-order chi connectivity index (χ1) is 11.5. The van der Waals surface area contributed by atoms with Gasteiger partial charge in [0.25, 0.3) is 0 Å². The van der Waals surface area contributed by atoms with Crippen LogP contribution in [0.4, 0.5) is 5.82 Å². The number of hydrogen-bond acceptors (Lipinski definition) is 5. The lowest BCUT2D eigenvalue weighted by atomic mass is 9.98. The second-order valence-electron chi connectivity index (χ2n) is 6.17. The molecule has 1 aromatic heterocycles. The standard InChI is InChI=1S/C16H21BrN6O/c1-21(15-8-7-14(17)19-20-15)10-18-12-3-5-13(6-4-12)23-9-16(24)22(2)11-23/h3,7-8,10,13H,4-6,9,11H2,1-2H3/t13-/m0/s1. The molecule has 1 aliphatic heterocycles. The molecule has 0 bridgehead atoms. The third kappa shape index (κ3) is 3.99. The molecule has 0 spiro atoms. The summed E-state index contributed by atoms with van der Waals surface area (Å²) in [4.78, 5) is 22.1. The Hall–Kier alpha value is -1.80. The second-order valence-corrected chi connectivity index (χ2v) is 6.99. The molecular formula is C16H21BrN6O. The van der Waals surface area contributed by atoms with Gasteiger partial charge >= 0.3 is 0 Å². The van der Waals surface area contributed by atoms with Crippen LogP contribution in [-0.4, -0.2) is 65.6 Å². The van der Waals surface area contributed by atoms with Crippen LogP contribution < -0.4 is 4.90 Å². The third-order valence-electron chi connectivity index (χ3n) is 4.41. The van der Waals surface area contributed by atoms with E-state index in [2.05, 4.69) is 42.1 Å². The van der Waals surface area contributed by atoms with Crippen molar-refractivity contribution in [3.63, 3.8) is 0 Å². The predicted octanol–water partition coefficient (Wildman–Crippen LogP) is 1.87. The fourth-order valence-corrected chi connectivity index (χ4v) is 3.12. The summed E-state index contributed by atoms with van der Waals surface area (Å²) in [6, 6.07) is 4.17. The Bertz CT molecular complexity index is 659. The first-order valence-electron chi connectivity index (χ1n) is 7.96. The fraction of sp³-hybridized carbons (Fsp3) is 0.500. The van der Waals surface area contributed by atoms with Crippen LogP contribution in [0.2, 0.25) is 0 Å².